The van der Waals surface area contributed by atoms with Crippen molar-refractivity contribution in [2.24, 2.45) is 0 Å². The molecule has 0 unspecified atom stereocenters. The van der Waals surface area contributed by atoms with Crippen molar-refractivity contribution in [3.63, 3.8) is 0 Å². The van der Waals surface area contributed by atoms with Gasteiger partial charge in [-0.25, -0.2) is 0 Å². The van der Waals surface area contributed by atoms with Gasteiger partial charge in [-0.2, -0.15) is 0 Å². The lowest BCUT2D eigenvalue weighted by atomic mass is 10.1. The van der Waals surface area contributed by atoms with E-state index in [0.29, 0.717) is 31.0 Å². The van der Waals surface area contributed by atoms with E-state index in [0.717, 1.165) is 0 Å². The van der Waals surface area contributed by atoms with Crippen LogP contribution in [0.5, 0.6) is 0 Å². The molecule has 1 aromatic carbocycles. The van der Waals surface area contributed by atoms with Crippen molar-refractivity contribution in [2.45, 2.75) is 13.0 Å². The molecule has 1 heterocycles. The van der Waals surface area contributed by atoms with Gasteiger partial charge in [0.1, 0.15) is 0 Å². The Bertz CT molecular complexity index is 392. The highest BCUT2D eigenvalue weighted by molar-refractivity contribution is 5.99. The number of anilines is 1. The van der Waals surface area contributed by atoms with Gasteiger partial charge in [0.25, 0.3) is 5.91 Å². The number of carbonyl (C=O) groups excluding carboxylic acids is 1. The number of carbonyl (C=O) groups is 1. The average molecular weight is 220 g/mol. The molecular formula is C12H16N2O2. The number of benzene rings is 1. The fourth-order valence-electron chi connectivity index (χ4n) is 1.88. The molecule has 16 heavy (non-hydrogen) atoms. The summed E-state index contributed by atoms with van der Waals surface area (Å²) >= 11 is 0. The molecule has 0 radical (unpaired) electrons. The van der Waals surface area contributed by atoms with E-state index in [1.54, 1.807) is 12.1 Å². The molecule has 2 rings (SSSR count). The maximum absolute atomic E-state index is 12.2. The Morgan fingerprint density at radius 1 is 1.50 bits per heavy atom. The van der Waals surface area contributed by atoms with Gasteiger partial charge in [-0.3, -0.25) is 4.79 Å². The predicted octanol–water partition coefficient (Wildman–Crippen LogP) is 1.13. The zero-order valence-corrected chi connectivity index (χ0v) is 9.35. The van der Waals surface area contributed by atoms with E-state index in [2.05, 4.69) is 0 Å². The molecule has 4 heteroatoms. The van der Waals surface area contributed by atoms with E-state index in [4.69, 9.17) is 10.5 Å². The van der Waals surface area contributed by atoms with Crippen LogP contribution >= 0.6 is 0 Å². The summed E-state index contributed by atoms with van der Waals surface area (Å²) in [7, 11) is 0. The van der Waals surface area contributed by atoms with E-state index in [9.17, 15) is 4.79 Å². The van der Waals surface area contributed by atoms with Gasteiger partial charge in [-0.15, -0.1) is 0 Å². The van der Waals surface area contributed by atoms with Gasteiger partial charge >= 0.3 is 0 Å². The summed E-state index contributed by atoms with van der Waals surface area (Å²) < 4.78 is 5.30. The molecule has 0 aromatic heterocycles. The number of amides is 1. The molecule has 1 fully saturated rings. The van der Waals surface area contributed by atoms with E-state index in [1.807, 2.05) is 24.0 Å². The number of para-hydroxylation sites is 1. The Kier molecular flexibility index (Phi) is 3.10. The van der Waals surface area contributed by atoms with Crippen molar-refractivity contribution in [1.82, 2.24) is 4.90 Å². The molecule has 0 saturated carbocycles. The van der Waals surface area contributed by atoms with Gasteiger partial charge in [0, 0.05) is 12.2 Å². The summed E-state index contributed by atoms with van der Waals surface area (Å²) in [6.45, 7) is 3.81. The highest BCUT2D eigenvalue weighted by atomic mass is 16.5. The predicted molar refractivity (Wildman–Crippen MR) is 62.2 cm³/mol. The largest absolute Gasteiger partial charge is 0.398 e. The van der Waals surface area contributed by atoms with Crippen LogP contribution in [0.3, 0.4) is 0 Å². The number of nitrogens with two attached hydrogens (primary N) is 1. The Morgan fingerprint density at radius 2 is 2.25 bits per heavy atom. The summed E-state index contributed by atoms with van der Waals surface area (Å²) in [5.74, 6) is -0.00565. The third-order valence-electron chi connectivity index (χ3n) is 2.82. The molecule has 0 bridgehead atoms. The molecule has 1 aromatic rings. The van der Waals surface area contributed by atoms with Crippen LogP contribution in [0, 0.1) is 0 Å². The van der Waals surface area contributed by atoms with E-state index in [1.165, 1.54) is 0 Å². The van der Waals surface area contributed by atoms with Gasteiger partial charge < -0.3 is 15.4 Å². The third kappa shape index (κ3) is 2.02. The number of morpholine rings is 1. The minimum atomic E-state index is -0.00565. The Morgan fingerprint density at radius 3 is 2.94 bits per heavy atom. The normalized spacial score (nSPS) is 20.8. The summed E-state index contributed by atoms with van der Waals surface area (Å²) in [6.07, 6.45) is 0. The summed E-state index contributed by atoms with van der Waals surface area (Å²) in [4.78, 5) is 14.0. The first-order chi connectivity index (χ1) is 7.70. The van der Waals surface area contributed by atoms with Gasteiger partial charge in [-0.05, 0) is 19.1 Å². The van der Waals surface area contributed by atoms with Crippen LogP contribution < -0.4 is 5.73 Å². The zero-order chi connectivity index (χ0) is 11.5. The SMILES string of the molecule is C[C@@H]1COCCN1C(=O)c1ccccc1N. The number of nitrogens with zero attached hydrogens (tertiary/aromatic N) is 1. The van der Waals surface area contributed by atoms with Gasteiger partial charge in [0.2, 0.25) is 0 Å². The topological polar surface area (TPSA) is 55.6 Å². The van der Waals surface area contributed by atoms with Crippen LogP contribution in [-0.2, 0) is 4.74 Å². The molecule has 4 nitrogen and oxygen atoms in total. The minimum absolute atomic E-state index is 0.00565. The third-order valence-corrected chi connectivity index (χ3v) is 2.82. The summed E-state index contributed by atoms with van der Waals surface area (Å²) in [5.41, 5.74) is 6.91. The van der Waals surface area contributed by atoms with Crippen molar-refractivity contribution in [3.05, 3.63) is 29.8 Å². The lowest BCUT2D eigenvalue weighted by Gasteiger charge is -2.33. The maximum atomic E-state index is 12.2. The molecule has 1 atom stereocenters. The molecule has 1 amide bonds. The molecule has 0 spiro atoms. The Balaban J connectivity index is 2.21. The Hall–Kier alpha value is -1.55. The molecular weight excluding hydrogens is 204 g/mol. The maximum Gasteiger partial charge on any atom is 0.256 e. The van der Waals surface area contributed by atoms with Crippen molar-refractivity contribution in [2.75, 3.05) is 25.5 Å². The monoisotopic (exact) mass is 220 g/mol. The fourth-order valence-corrected chi connectivity index (χ4v) is 1.88. The number of nitrogen functional groups attached to an aromatic ring is 1. The number of hydrogen-bond acceptors (Lipinski definition) is 3. The van der Waals surface area contributed by atoms with Crippen LogP contribution in [-0.4, -0.2) is 36.6 Å². The van der Waals surface area contributed by atoms with Gasteiger partial charge in [0.05, 0.1) is 24.8 Å². The van der Waals surface area contributed by atoms with Crippen molar-refractivity contribution in [1.29, 1.82) is 0 Å². The lowest BCUT2D eigenvalue weighted by Crippen LogP contribution is -2.47. The molecule has 1 aliphatic rings. The van der Waals surface area contributed by atoms with Crippen LogP contribution in [0.15, 0.2) is 24.3 Å². The van der Waals surface area contributed by atoms with Crippen LogP contribution in [0.4, 0.5) is 5.69 Å². The zero-order valence-electron chi connectivity index (χ0n) is 9.35. The molecule has 1 aliphatic heterocycles. The average Bonchev–Trinajstić information content (AvgIpc) is 2.29. The van der Waals surface area contributed by atoms with Crippen LogP contribution in [0.25, 0.3) is 0 Å². The first-order valence-electron chi connectivity index (χ1n) is 5.43. The van der Waals surface area contributed by atoms with Crippen molar-refractivity contribution in [3.8, 4) is 0 Å². The van der Waals surface area contributed by atoms with Crippen LogP contribution in [0.2, 0.25) is 0 Å². The number of rotatable bonds is 1. The molecule has 86 valence electrons. The minimum Gasteiger partial charge on any atom is -0.398 e. The molecule has 1 saturated heterocycles. The van der Waals surface area contributed by atoms with Crippen LogP contribution in [0.1, 0.15) is 17.3 Å². The van der Waals surface area contributed by atoms with Gasteiger partial charge in [-0.1, -0.05) is 12.1 Å². The smallest absolute Gasteiger partial charge is 0.256 e. The van der Waals surface area contributed by atoms with E-state index >= 15 is 0 Å². The molecule has 2 N–H and O–H groups in total. The molecule has 0 aliphatic carbocycles. The first kappa shape index (κ1) is 11.0. The Labute approximate surface area is 95.0 Å². The fraction of sp³-hybridized carbons (Fsp3) is 0.417. The summed E-state index contributed by atoms with van der Waals surface area (Å²) in [5, 5.41) is 0. The van der Waals surface area contributed by atoms with Gasteiger partial charge in [0.15, 0.2) is 0 Å². The standard InChI is InChI=1S/C12H16N2O2/c1-9-8-16-7-6-14(9)12(15)10-4-2-3-5-11(10)13/h2-5,9H,6-8,13H2,1H3/t9-/m1/s1. The van der Waals surface area contributed by atoms with E-state index in [-0.39, 0.29) is 11.9 Å². The second kappa shape index (κ2) is 4.53. The highest BCUT2D eigenvalue weighted by Gasteiger charge is 2.25. The summed E-state index contributed by atoms with van der Waals surface area (Å²) in [6, 6.07) is 7.28. The first-order valence-corrected chi connectivity index (χ1v) is 5.43. The lowest BCUT2D eigenvalue weighted by molar-refractivity contribution is 0.00365. The second-order valence-corrected chi connectivity index (χ2v) is 4.01. The second-order valence-electron chi connectivity index (χ2n) is 4.01. The highest BCUT2D eigenvalue weighted by Crippen LogP contribution is 2.16. The number of hydrogen-bond donors (Lipinski definition) is 1. The number of ether oxygens (including phenoxy) is 1. The van der Waals surface area contributed by atoms with Crippen molar-refractivity contribution < 1.29 is 9.53 Å². The quantitative estimate of drug-likeness (QED) is 0.722. The van der Waals surface area contributed by atoms with Crippen molar-refractivity contribution >= 4 is 11.6 Å². The van der Waals surface area contributed by atoms with E-state index < -0.39 is 0 Å².